The van der Waals surface area contributed by atoms with Gasteiger partial charge in [-0.3, -0.25) is 19.9 Å². The van der Waals surface area contributed by atoms with Crippen LogP contribution in [-0.2, 0) is 20.9 Å². The van der Waals surface area contributed by atoms with E-state index in [1.54, 1.807) is 12.3 Å². The minimum atomic E-state index is -1.11. The summed E-state index contributed by atoms with van der Waals surface area (Å²) < 4.78 is 32.7. The molecule has 0 saturated carbocycles. The van der Waals surface area contributed by atoms with E-state index in [1.807, 2.05) is 24.3 Å². The number of rotatable bonds is 10. The number of nitrogens with one attached hydrogen (secondary N) is 2. The van der Waals surface area contributed by atoms with E-state index in [4.69, 9.17) is 9.84 Å². The van der Waals surface area contributed by atoms with Gasteiger partial charge in [0, 0.05) is 37.0 Å². The number of carbonyl (C=O) groups excluding carboxylic acids is 2. The van der Waals surface area contributed by atoms with Crippen molar-refractivity contribution in [3.05, 3.63) is 71.9 Å². The van der Waals surface area contributed by atoms with Crippen molar-refractivity contribution in [1.82, 2.24) is 15.4 Å². The number of carboxylic acid groups (broad SMARTS) is 1. The van der Waals surface area contributed by atoms with Crippen molar-refractivity contribution in [2.45, 2.75) is 32.4 Å². The van der Waals surface area contributed by atoms with Crippen LogP contribution in [0.1, 0.15) is 25.3 Å². The van der Waals surface area contributed by atoms with E-state index in [1.165, 1.54) is 19.1 Å². The predicted octanol–water partition coefficient (Wildman–Crippen LogP) is 3.85. The summed E-state index contributed by atoms with van der Waals surface area (Å²) in [4.78, 5) is 39.8. The van der Waals surface area contributed by atoms with Crippen LogP contribution in [0, 0.1) is 11.6 Å². The minimum Gasteiger partial charge on any atom is -0.481 e. The molecule has 0 aliphatic carbocycles. The molecule has 0 fully saturated rings. The van der Waals surface area contributed by atoms with E-state index in [0.717, 1.165) is 21.8 Å². The number of fused-ring (bicyclic) bond motifs is 1. The Labute approximate surface area is 199 Å². The van der Waals surface area contributed by atoms with Crippen molar-refractivity contribution in [1.29, 1.82) is 0 Å². The second-order valence-electron chi connectivity index (χ2n) is 7.66. The molecular weight excluding hydrogens is 462 g/mol. The molecule has 1 heterocycles. The largest absolute Gasteiger partial charge is 0.481 e. The van der Waals surface area contributed by atoms with E-state index >= 15 is 0 Å². The lowest BCUT2D eigenvalue weighted by molar-refractivity contribution is -0.141. The number of anilines is 1. The zero-order valence-corrected chi connectivity index (χ0v) is 18.8. The number of carboxylic acids is 1. The molecule has 0 spiro atoms. The molecule has 0 radical (unpaired) electrons. The Balaban J connectivity index is 1.66. The molecule has 3 N–H and O–H groups in total. The number of hydrazine groups is 1. The summed E-state index contributed by atoms with van der Waals surface area (Å²) >= 11 is 0. The third kappa shape index (κ3) is 7.18. The number of halogens is 2. The van der Waals surface area contributed by atoms with Crippen LogP contribution >= 0.6 is 0 Å². The second-order valence-corrected chi connectivity index (χ2v) is 7.66. The molecule has 1 aromatic heterocycles. The molecule has 1 atom stereocenters. The van der Waals surface area contributed by atoms with Crippen LogP contribution < -0.4 is 10.7 Å². The minimum absolute atomic E-state index is 0.0331. The number of hydrogen-bond donors (Lipinski definition) is 3. The highest BCUT2D eigenvalue weighted by Crippen LogP contribution is 2.17. The molecular formula is C24H24F2N4O5. The van der Waals surface area contributed by atoms with Crippen molar-refractivity contribution >= 4 is 34.6 Å². The van der Waals surface area contributed by atoms with Gasteiger partial charge in [-0.1, -0.05) is 36.4 Å². The summed E-state index contributed by atoms with van der Waals surface area (Å²) in [5, 5.41) is 14.4. The van der Waals surface area contributed by atoms with Gasteiger partial charge in [0.2, 0.25) is 5.91 Å². The summed E-state index contributed by atoms with van der Waals surface area (Å²) in [5.41, 5.74) is 2.65. The maximum Gasteiger partial charge on any atom is 0.412 e. The Morgan fingerprint density at radius 2 is 1.86 bits per heavy atom. The molecule has 2 aromatic carbocycles. The van der Waals surface area contributed by atoms with Crippen LogP contribution in [0.15, 0.2) is 54.7 Å². The highest BCUT2D eigenvalue weighted by molar-refractivity contribution is 5.89. The van der Waals surface area contributed by atoms with Crippen LogP contribution in [0.5, 0.6) is 0 Å². The molecule has 11 heteroatoms. The van der Waals surface area contributed by atoms with Gasteiger partial charge in [0.15, 0.2) is 11.6 Å². The Hall–Kier alpha value is -4.12. The molecule has 3 aromatic rings. The van der Waals surface area contributed by atoms with E-state index in [2.05, 4.69) is 15.7 Å². The average Bonchev–Trinajstić information content (AvgIpc) is 2.82. The predicted molar refractivity (Wildman–Crippen MR) is 123 cm³/mol. The quantitative estimate of drug-likeness (QED) is 0.372. The van der Waals surface area contributed by atoms with Crippen molar-refractivity contribution in [2.75, 3.05) is 11.9 Å². The monoisotopic (exact) mass is 486 g/mol. The number of ether oxygens (including phenoxy) is 1. The normalized spacial score (nSPS) is 11.6. The van der Waals surface area contributed by atoms with Gasteiger partial charge >= 0.3 is 12.1 Å². The summed E-state index contributed by atoms with van der Waals surface area (Å²) in [7, 11) is 0. The topological polar surface area (TPSA) is 121 Å². The Kier molecular flexibility index (Phi) is 8.63. The molecule has 0 bridgehead atoms. The molecule has 0 saturated heterocycles. The number of amides is 2. The number of nitrogens with zero attached hydrogens (tertiary/aromatic N) is 2. The van der Waals surface area contributed by atoms with Gasteiger partial charge in [0.1, 0.15) is 12.4 Å². The number of hydrogen-bond acceptors (Lipinski definition) is 6. The Morgan fingerprint density at radius 3 is 2.57 bits per heavy atom. The summed E-state index contributed by atoms with van der Waals surface area (Å²) in [6.07, 6.45) is 0.359. The smallest absolute Gasteiger partial charge is 0.412 e. The fourth-order valence-corrected chi connectivity index (χ4v) is 3.39. The van der Waals surface area contributed by atoms with Crippen LogP contribution in [0.4, 0.5) is 19.4 Å². The van der Waals surface area contributed by atoms with Crippen LogP contribution in [0.25, 0.3) is 10.8 Å². The van der Waals surface area contributed by atoms with Gasteiger partial charge in [-0.25, -0.2) is 24.0 Å². The third-order valence-electron chi connectivity index (χ3n) is 5.14. The van der Waals surface area contributed by atoms with E-state index in [-0.39, 0.29) is 37.4 Å². The number of benzene rings is 2. The number of aromatic nitrogens is 1. The average molecular weight is 486 g/mol. The van der Waals surface area contributed by atoms with Gasteiger partial charge in [0.25, 0.3) is 0 Å². The maximum absolute atomic E-state index is 14.0. The molecule has 2 amide bonds. The number of pyridine rings is 1. The van der Waals surface area contributed by atoms with Crippen molar-refractivity contribution in [2.24, 2.45) is 0 Å². The highest BCUT2D eigenvalue weighted by Gasteiger charge is 2.24. The van der Waals surface area contributed by atoms with Crippen LogP contribution in [0.2, 0.25) is 0 Å². The SMILES string of the molecule is CC(=O)N(NCc1cccc(F)c1F)[C@@H](CCC(=O)O)COC(=O)Nc1cc2ccccc2cn1. The van der Waals surface area contributed by atoms with Gasteiger partial charge in [-0.05, 0) is 23.9 Å². The Bertz CT molecular complexity index is 1220. The van der Waals surface area contributed by atoms with E-state index < -0.39 is 35.6 Å². The molecule has 0 aliphatic heterocycles. The molecule has 0 unspecified atom stereocenters. The second kappa shape index (κ2) is 11.8. The van der Waals surface area contributed by atoms with Crippen molar-refractivity contribution in [3.63, 3.8) is 0 Å². The first-order valence-corrected chi connectivity index (χ1v) is 10.7. The Morgan fingerprint density at radius 1 is 1.11 bits per heavy atom. The maximum atomic E-state index is 14.0. The summed E-state index contributed by atoms with van der Waals surface area (Å²) in [5.74, 6) is -3.50. The first-order valence-electron chi connectivity index (χ1n) is 10.7. The van der Waals surface area contributed by atoms with Crippen molar-refractivity contribution < 1.29 is 33.0 Å². The highest BCUT2D eigenvalue weighted by atomic mass is 19.2. The lowest BCUT2D eigenvalue weighted by atomic mass is 10.1. The van der Waals surface area contributed by atoms with Crippen LogP contribution in [-0.4, -0.2) is 45.7 Å². The zero-order valence-electron chi connectivity index (χ0n) is 18.8. The van der Waals surface area contributed by atoms with Gasteiger partial charge in [-0.15, -0.1) is 0 Å². The standard InChI is InChI=1S/C24H24F2N4O5/c1-15(31)30(28-13-18-7-4-8-20(25)23(18)26)19(9-10-22(32)33)14-35-24(34)29-21-11-16-5-2-3-6-17(16)12-27-21/h2-8,11-12,19,28H,9-10,13-14H2,1H3,(H,32,33)(H,27,29,34)/t19-/m0/s1. The summed E-state index contributed by atoms with van der Waals surface area (Å²) in [6, 6.07) is 11.8. The number of aliphatic carboxylic acids is 1. The lowest BCUT2D eigenvalue weighted by Gasteiger charge is -2.31. The van der Waals surface area contributed by atoms with Gasteiger partial charge < -0.3 is 9.84 Å². The summed E-state index contributed by atoms with van der Waals surface area (Å²) in [6.45, 7) is 0.604. The molecule has 184 valence electrons. The number of carbonyl (C=O) groups is 3. The fraction of sp³-hybridized carbons (Fsp3) is 0.250. The van der Waals surface area contributed by atoms with Gasteiger partial charge in [0.05, 0.1) is 6.04 Å². The fourth-order valence-electron chi connectivity index (χ4n) is 3.39. The molecule has 9 nitrogen and oxygen atoms in total. The van der Waals surface area contributed by atoms with Gasteiger partial charge in [-0.2, -0.15) is 0 Å². The molecule has 0 aliphatic rings. The first-order chi connectivity index (χ1) is 16.7. The van der Waals surface area contributed by atoms with E-state index in [9.17, 15) is 23.2 Å². The van der Waals surface area contributed by atoms with Crippen molar-refractivity contribution in [3.8, 4) is 0 Å². The lowest BCUT2D eigenvalue weighted by Crippen LogP contribution is -2.50. The zero-order chi connectivity index (χ0) is 25.4. The molecule has 3 rings (SSSR count). The molecule has 35 heavy (non-hydrogen) atoms. The first kappa shape index (κ1) is 25.5. The third-order valence-corrected chi connectivity index (χ3v) is 5.14. The van der Waals surface area contributed by atoms with Crippen LogP contribution in [0.3, 0.4) is 0 Å². The van der Waals surface area contributed by atoms with E-state index in [0.29, 0.717) is 0 Å².